The maximum Gasteiger partial charge on any atom is 0.333 e. The van der Waals surface area contributed by atoms with Crippen molar-refractivity contribution in [1.29, 1.82) is 0 Å². The van der Waals surface area contributed by atoms with Gasteiger partial charge in [0.1, 0.15) is 17.8 Å². The third-order valence-electron chi connectivity index (χ3n) is 12.5. The number of fused-ring (bicyclic) bond motifs is 4. The lowest BCUT2D eigenvalue weighted by Crippen LogP contribution is -2.72. The van der Waals surface area contributed by atoms with E-state index in [1.165, 1.54) is 7.11 Å². The average molecular weight is 555 g/mol. The first-order valence-corrected chi connectivity index (χ1v) is 14.3. The molecule has 4 saturated carbocycles. The molecule has 40 heavy (non-hydrogen) atoms. The van der Waals surface area contributed by atoms with Crippen LogP contribution in [-0.4, -0.2) is 53.5 Å². The Morgan fingerprint density at radius 1 is 1.20 bits per heavy atom. The van der Waals surface area contributed by atoms with E-state index in [-0.39, 0.29) is 54.2 Å². The molecule has 7 rings (SSSR count). The van der Waals surface area contributed by atoms with Gasteiger partial charge in [0, 0.05) is 39.7 Å². The number of carbonyl (C=O) groups excluding carboxylic acids is 3. The molecule has 3 heterocycles. The molecule has 6 fully saturated rings. The molecule has 4 aliphatic carbocycles. The highest BCUT2D eigenvalue weighted by Crippen LogP contribution is 2.85. The Balaban J connectivity index is 1.38. The monoisotopic (exact) mass is 554 g/mol. The summed E-state index contributed by atoms with van der Waals surface area (Å²) in [7, 11) is 1.37. The number of aliphatic hydroxyl groups is 1. The molecule has 2 saturated heterocycles. The lowest BCUT2D eigenvalue weighted by molar-refractivity contribution is -0.249. The van der Waals surface area contributed by atoms with Crippen LogP contribution < -0.4 is 0 Å². The van der Waals surface area contributed by atoms with Gasteiger partial charge in [-0.05, 0) is 44.1 Å². The van der Waals surface area contributed by atoms with Gasteiger partial charge in [0.25, 0.3) is 0 Å². The lowest BCUT2D eigenvalue weighted by Gasteiger charge is -2.65. The number of cyclic esters (lactones) is 1. The summed E-state index contributed by atoms with van der Waals surface area (Å²) in [4.78, 5) is 38.9. The van der Waals surface area contributed by atoms with E-state index >= 15 is 0 Å². The van der Waals surface area contributed by atoms with Crippen LogP contribution in [0, 0.1) is 39.9 Å². The number of furan rings is 1. The summed E-state index contributed by atoms with van der Waals surface area (Å²) in [6.07, 6.45) is 3.87. The molecule has 2 bridgehead atoms. The molecule has 2 aliphatic heterocycles. The van der Waals surface area contributed by atoms with Gasteiger partial charge >= 0.3 is 17.9 Å². The highest BCUT2D eigenvalue weighted by molar-refractivity contribution is 5.87. The molecule has 1 N–H and O–H groups in total. The fourth-order valence-electron chi connectivity index (χ4n) is 10.9. The molecule has 9 nitrogen and oxygen atoms in total. The van der Waals surface area contributed by atoms with Gasteiger partial charge in [-0.3, -0.25) is 9.59 Å². The summed E-state index contributed by atoms with van der Waals surface area (Å²) < 4.78 is 29.5. The van der Waals surface area contributed by atoms with Crippen molar-refractivity contribution in [2.24, 2.45) is 39.9 Å². The molecule has 1 aromatic heterocycles. The number of methoxy groups -OCH3 is 1. The minimum absolute atomic E-state index is 0.0958. The first-order valence-electron chi connectivity index (χ1n) is 14.3. The standard InChI is InChI=1S/C31H38O9/c1-15(2)26(34)39-24-22-25-31(40-25)17(29(5)18(11-20(32)36-6)28(24,4)14-30(22,29)35)7-9-27(3)19(31)12-21(33)38-23(27)16-8-10-37-13-16/h8,10,13,17-19,22-25,35H,1,7,9,11-12,14H2,2-6H3/t17-,18+,19?,22?,23+,24-,25-,27-,28+,29+,30-,31-/m1/s1. The van der Waals surface area contributed by atoms with Gasteiger partial charge in [-0.25, -0.2) is 4.79 Å². The third kappa shape index (κ3) is 2.79. The smallest absolute Gasteiger partial charge is 0.333 e. The van der Waals surface area contributed by atoms with Crippen molar-refractivity contribution in [3.05, 3.63) is 36.3 Å². The number of hydrogen-bond acceptors (Lipinski definition) is 9. The quantitative estimate of drug-likeness (QED) is 0.250. The van der Waals surface area contributed by atoms with E-state index in [0.29, 0.717) is 6.42 Å². The normalized spacial score (nSPS) is 51.1. The maximum atomic E-state index is 13.1. The fourth-order valence-corrected chi connectivity index (χ4v) is 10.9. The summed E-state index contributed by atoms with van der Waals surface area (Å²) in [5, 5.41) is 12.7. The third-order valence-corrected chi connectivity index (χ3v) is 12.5. The van der Waals surface area contributed by atoms with Crippen LogP contribution in [0.1, 0.15) is 71.5 Å². The zero-order valence-electron chi connectivity index (χ0n) is 23.7. The number of carbonyl (C=O) groups is 3. The van der Waals surface area contributed by atoms with Crippen LogP contribution in [-0.2, 0) is 33.3 Å². The lowest BCUT2D eigenvalue weighted by atomic mass is 9.39. The van der Waals surface area contributed by atoms with Gasteiger partial charge in [-0.15, -0.1) is 0 Å². The van der Waals surface area contributed by atoms with Crippen molar-refractivity contribution in [2.75, 3.05) is 7.11 Å². The molecule has 216 valence electrons. The summed E-state index contributed by atoms with van der Waals surface area (Å²) in [5.41, 5.74) is -2.67. The van der Waals surface area contributed by atoms with Crippen LogP contribution in [0.2, 0.25) is 0 Å². The zero-order valence-corrected chi connectivity index (χ0v) is 23.7. The Labute approximate surface area is 233 Å². The van der Waals surface area contributed by atoms with Crippen molar-refractivity contribution in [2.45, 2.75) is 89.3 Å². The Morgan fingerprint density at radius 3 is 2.60 bits per heavy atom. The molecular weight excluding hydrogens is 516 g/mol. The number of hydrogen-bond donors (Lipinski definition) is 1. The van der Waals surface area contributed by atoms with E-state index in [4.69, 9.17) is 23.4 Å². The highest BCUT2D eigenvalue weighted by atomic mass is 16.6. The van der Waals surface area contributed by atoms with Crippen LogP contribution in [0.3, 0.4) is 0 Å². The Bertz CT molecular complexity index is 1320. The van der Waals surface area contributed by atoms with Crippen molar-refractivity contribution in [3.63, 3.8) is 0 Å². The van der Waals surface area contributed by atoms with Gasteiger partial charge in [-0.1, -0.05) is 27.4 Å². The van der Waals surface area contributed by atoms with Crippen LogP contribution in [0.25, 0.3) is 0 Å². The van der Waals surface area contributed by atoms with Crippen molar-refractivity contribution in [3.8, 4) is 0 Å². The second-order valence-corrected chi connectivity index (χ2v) is 14.0. The fraction of sp³-hybridized carbons (Fsp3) is 0.710. The van der Waals surface area contributed by atoms with Gasteiger partial charge in [-0.2, -0.15) is 0 Å². The topological polar surface area (TPSA) is 125 Å². The minimum atomic E-state index is -1.22. The molecule has 1 aromatic rings. The molecule has 6 aliphatic rings. The molecule has 1 spiro atoms. The zero-order chi connectivity index (χ0) is 28.6. The summed E-state index contributed by atoms with van der Waals surface area (Å²) in [6.45, 7) is 11.7. The molecular formula is C31H38O9. The van der Waals surface area contributed by atoms with Crippen LogP contribution in [0.15, 0.2) is 35.2 Å². The first kappa shape index (κ1) is 26.3. The van der Waals surface area contributed by atoms with Gasteiger partial charge in [0.2, 0.25) is 0 Å². The Kier molecular flexibility index (Phi) is 5.12. The number of rotatable bonds is 5. The van der Waals surface area contributed by atoms with E-state index in [9.17, 15) is 19.5 Å². The number of ether oxygens (including phenoxy) is 4. The second kappa shape index (κ2) is 7.79. The molecule has 0 aromatic carbocycles. The predicted molar refractivity (Wildman–Crippen MR) is 138 cm³/mol. The maximum absolute atomic E-state index is 13.1. The SMILES string of the molecule is C=C(C)C(=O)O[C@@H]1C2[C@H]3O[C@]34C3CC(=O)O[C@@H](c5ccoc5)[C@]3(C)CC[C@@H]4[C@@]3(C)[C@@H](CC(=O)OC)[C@]1(C)C[C@@]23O. The largest absolute Gasteiger partial charge is 0.472 e. The second-order valence-electron chi connectivity index (χ2n) is 14.0. The van der Waals surface area contributed by atoms with E-state index in [1.807, 2.05) is 13.0 Å². The number of epoxide rings is 1. The van der Waals surface area contributed by atoms with E-state index in [2.05, 4.69) is 20.4 Å². The number of esters is 3. The molecule has 0 radical (unpaired) electrons. The molecule has 9 heteroatoms. The first-order chi connectivity index (χ1) is 18.8. The molecule has 2 unspecified atom stereocenters. The predicted octanol–water partition coefficient (Wildman–Crippen LogP) is 3.90. The van der Waals surface area contributed by atoms with Gasteiger partial charge in [0.15, 0.2) is 0 Å². The highest BCUT2D eigenvalue weighted by Gasteiger charge is 2.93. The average Bonchev–Trinajstić information content (AvgIpc) is 3.18. The molecule has 12 atom stereocenters. The van der Waals surface area contributed by atoms with Crippen LogP contribution in [0.4, 0.5) is 0 Å². The summed E-state index contributed by atoms with van der Waals surface area (Å²) in [5.74, 6) is -2.28. The van der Waals surface area contributed by atoms with E-state index in [1.54, 1.807) is 19.5 Å². The van der Waals surface area contributed by atoms with Crippen LogP contribution >= 0.6 is 0 Å². The van der Waals surface area contributed by atoms with Crippen molar-refractivity contribution in [1.82, 2.24) is 0 Å². The van der Waals surface area contributed by atoms with Crippen molar-refractivity contribution < 1.29 is 42.9 Å². The van der Waals surface area contributed by atoms with Gasteiger partial charge < -0.3 is 28.5 Å². The Morgan fingerprint density at radius 2 is 1.95 bits per heavy atom. The summed E-state index contributed by atoms with van der Waals surface area (Å²) >= 11 is 0. The Hall–Kier alpha value is -2.65. The summed E-state index contributed by atoms with van der Waals surface area (Å²) in [6, 6.07) is 1.84. The minimum Gasteiger partial charge on any atom is -0.472 e. The van der Waals surface area contributed by atoms with Gasteiger partial charge in [0.05, 0.1) is 43.7 Å². The molecule has 0 amide bonds. The van der Waals surface area contributed by atoms with Crippen molar-refractivity contribution >= 4 is 17.9 Å². The van der Waals surface area contributed by atoms with E-state index in [0.717, 1.165) is 18.4 Å². The van der Waals surface area contributed by atoms with E-state index < -0.39 is 51.5 Å². The van der Waals surface area contributed by atoms with Crippen LogP contribution in [0.5, 0.6) is 0 Å².